The third kappa shape index (κ3) is 2.98. The molecule has 9 nitrogen and oxygen atoms in total. The molecular weight excluding hydrogens is 298 g/mol. The van der Waals surface area contributed by atoms with Gasteiger partial charge in [-0.2, -0.15) is 10.4 Å². The van der Waals surface area contributed by atoms with E-state index in [0.717, 1.165) is 24.3 Å². The van der Waals surface area contributed by atoms with Gasteiger partial charge in [0.2, 0.25) is 0 Å². The molecule has 0 atom stereocenters. The minimum Gasteiger partial charge on any atom is -0.272 e. The van der Waals surface area contributed by atoms with Gasteiger partial charge in [-0.1, -0.05) is 0 Å². The summed E-state index contributed by atoms with van der Waals surface area (Å²) in [5.74, 6) is -0.0987. The van der Waals surface area contributed by atoms with Crippen LogP contribution in [0, 0.1) is 21.4 Å². The number of nitro benzene ring substituents is 1. The van der Waals surface area contributed by atoms with Crippen LogP contribution in [0.3, 0.4) is 0 Å². The maximum absolute atomic E-state index is 12.1. The Labute approximate surface area is 119 Å². The second kappa shape index (κ2) is 5.22. The zero-order valence-electron chi connectivity index (χ0n) is 10.7. The van der Waals surface area contributed by atoms with Crippen LogP contribution in [0.1, 0.15) is 5.56 Å². The molecule has 0 radical (unpaired) electrons. The second-order valence-corrected chi connectivity index (χ2v) is 5.72. The van der Waals surface area contributed by atoms with Gasteiger partial charge in [-0.05, 0) is 12.1 Å². The highest BCUT2D eigenvalue weighted by atomic mass is 32.2. The fourth-order valence-electron chi connectivity index (χ4n) is 1.58. The number of nitrogens with zero attached hydrogens (tertiary/aromatic N) is 4. The summed E-state index contributed by atoms with van der Waals surface area (Å²) in [5.41, 5.74) is -0.146. The van der Waals surface area contributed by atoms with Gasteiger partial charge in [0, 0.05) is 25.4 Å². The van der Waals surface area contributed by atoms with Gasteiger partial charge >= 0.3 is 0 Å². The molecule has 1 heterocycles. The number of hydrogen-bond acceptors (Lipinski definition) is 6. The maximum Gasteiger partial charge on any atom is 0.269 e. The van der Waals surface area contributed by atoms with Crippen molar-refractivity contribution in [2.75, 3.05) is 4.72 Å². The van der Waals surface area contributed by atoms with Crippen molar-refractivity contribution in [3.05, 3.63) is 46.1 Å². The maximum atomic E-state index is 12.1. The molecule has 10 heteroatoms. The van der Waals surface area contributed by atoms with E-state index in [1.165, 1.54) is 10.9 Å². The molecule has 0 fully saturated rings. The first-order chi connectivity index (χ1) is 9.83. The summed E-state index contributed by atoms with van der Waals surface area (Å²) < 4.78 is 27.7. The number of sulfonamides is 1. The molecule has 0 bridgehead atoms. The van der Waals surface area contributed by atoms with E-state index in [1.807, 2.05) is 6.07 Å². The van der Waals surface area contributed by atoms with E-state index in [-0.39, 0.29) is 22.0 Å². The van der Waals surface area contributed by atoms with Crippen molar-refractivity contribution in [3.8, 4) is 6.07 Å². The van der Waals surface area contributed by atoms with Gasteiger partial charge in [-0.25, -0.2) is 8.42 Å². The SMILES string of the molecule is Cn1cc(C#N)c(NS(=O)(=O)c2ccc([N+](=O)[O-])cc2)n1. The Morgan fingerprint density at radius 1 is 1.38 bits per heavy atom. The Bertz CT molecular complexity index is 832. The topological polar surface area (TPSA) is 131 Å². The quantitative estimate of drug-likeness (QED) is 0.662. The Kier molecular flexibility index (Phi) is 3.60. The predicted octanol–water partition coefficient (Wildman–Crippen LogP) is 1.00. The number of anilines is 1. The summed E-state index contributed by atoms with van der Waals surface area (Å²) in [6.07, 6.45) is 1.37. The highest BCUT2D eigenvalue weighted by Gasteiger charge is 2.19. The first-order valence-corrected chi connectivity index (χ1v) is 7.03. The zero-order valence-corrected chi connectivity index (χ0v) is 11.5. The van der Waals surface area contributed by atoms with E-state index in [4.69, 9.17) is 5.26 Å². The number of benzene rings is 1. The Hall–Kier alpha value is -2.93. The highest BCUT2D eigenvalue weighted by Crippen LogP contribution is 2.20. The summed E-state index contributed by atoms with van der Waals surface area (Å²) in [5, 5.41) is 23.2. The highest BCUT2D eigenvalue weighted by molar-refractivity contribution is 7.92. The van der Waals surface area contributed by atoms with Gasteiger partial charge < -0.3 is 0 Å². The lowest BCUT2D eigenvalue weighted by molar-refractivity contribution is -0.384. The standard InChI is InChI=1S/C11H9N5O4S/c1-15-7-8(6-12)11(13-15)14-21(19,20)10-4-2-9(3-5-10)16(17)18/h2-5,7H,1H3,(H,13,14). The lowest BCUT2D eigenvalue weighted by Gasteiger charge is -2.05. The summed E-state index contributed by atoms with van der Waals surface area (Å²) >= 11 is 0. The van der Waals surface area contributed by atoms with E-state index in [9.17, 15) is 18.5 Å². The monoisotopic (exact) mass is 307 g/mol. The van der Waals surface area contributed by atoms with Crippen molar-refractivity contribution >= 4 is 21.5 Å². The normalized spacial score (nSPS) is 10.9. The van der Waals surface area contributed by atoms with Crippen LogP contribution in [0.5, 0.6) is 0 Å². The largest absolute Gasteiger partial charge is 0.272 e. The molecule has 0 saturated heterocycles. The third-order valence-electron chi connectivity index (χ3n) is 2.54. The minimum absolute atomic E-state index is 0.0722. The Balaban J connectivity index is 2.34. The van der Waals surface area contributed by atoms with Gasteiger partial charge in [0.15, 0.2) is 5.82 Å². The predicted molar refractivity (Wildman–Crippen MR) is 71.8 cm³/mol. The summed E-state index contributed by atoms with van der Waals surface area (Å²) in [6.45, 7) is 0. The average Bonchev–Trinajstić information content (AvgIpc) is 2.78. The average molecular weight is 307 g/mol. The molecule has 0 aliphatic rings. The summed E-state index contributed by atoms with van der Waals surface area (Å²) in [6, 6.07) is 6.19. The van der Waals surface area contributed by atoms with E-state index < -0.39 is 14.9 Å². The number of nitrogens with one attached hydrogen (secondary N) is 1. The van der Waals surface area contributed by atoms with Crippen molar-refractivity contribution in [1.29, 1.82) is 5.26 Å². The number of aryl methyl sites for hydroxylation is 1. The molecule has 108 valence electrons. The van der Waals surface area contributed by atoms with Gasteiger partial charge in [0.05, 0.1) is 9.82 Å². The number of aromatic nitrogens is 2. The van der Waals surface area contributed by atoms with Crippen LogP contribution in [-0.2, 0) is 17.1 Å². The van der Waals surface area contributed by atoms with Crippen molar-refractivity contribution in [3.63, 3.8) is 0 Å². The van der Waals surface area contributed by atoms with E-state index in [0.29, 0.717) is 0 Å². The second-order valence-electron chi connectivity index (χ2n) is 4.03. The zero-order chi connectivity index (χ0) is 15.6. The van der Waals surface area contributed by atoms with Gasteiger partial charge in [-0.15, -0.1) is 0 Å². The molecule has 0 spiro atoms. The van der Waals surface area contributed by atoms with Crippen LogP contribution in [0.25, 0.3) is 0 Å². The molecule has 0 aliphatic heterocycles. The minimum atomic E-state index is -3.97. The fraction of sp³-hybridized carbons (Fsp3) is 0.0909. The molecule has 0 amide bonds. The number of hydrogen-bond donors (Lipinski definition) is 1. The molecule has 0 unspecified atom stereocenters. The summed E-state index contributed by atoms with van der Waals surface area (Å²) in [4.78, 5) is 9.74. The molecule has 1 aromatic carbocycles. The van der Waals surface area contributed by atoms with Crippen molar-refractivity contribution in [2.24, 2.45) is 7.05 Å². The van der Waals surface area contributed by atoms with E-state index in [1.54, 1.807) is 7.05 Å². The van der Waals surface area contributed by atoms with Crippen LogP contribution in [-0.4, -0.2) is 23.1 Å². The molecule has 0 saturated carbocycles. The first-order valence-electron chi connectivity index (χ1n) is 5.54. The van der Waals surface area contributed by atoms with Gasteiger partial charge in [-0.3, -0.25) is 19.5 Å². The van der Waals surface area contributed by atoms with Crippen LogP contribution < -0.4 is 4.72 Å². The van der Waals surface area contributed by atoms with Crippen molar-refractivity contribution in [1.82, 2.24) is 9.78 Å². The van der Waals surface area contributed by atoms with Gasteiger partial charge in [0.1, 0.15) is 11.6 Å². The van der Waals surface area contributed by atoms with Crippen LogP contribution >= 0.6 is 0 Å². The molecule has 0 aliphatic carbocycles. The lowest BCUT2D eigenvalue weighted by atomic mass is 10.3. The molecule has 2 aromatic rings. The molecular formula is C11H9N5O4S. The van der Waals surface area contributed by atoms with Crippen LogP contribution in [0.2, 0.25) is 0 Å². The van der Waals surface area contributed by atoms with Crippen LogP contribution in [0.4, 0.5) is 11.5 Å². The van der Waals surface area contributed by atoms with Crippen molar-refractivity contribution in [2.45, 2.75) is 4.90 Å². The molecule has 2 rings (SSSR count). The number of nitro groups is 1. The summed E-state index contributed by atoms with van der Waals surface area (Å²) in [7, 11) is -2.43. The van der Waals surface area contributed by atoms with E-state index in [2.05, 4.69) is 9.82 Å². The number of rotatable bonds is 4. The van der Waals surface area contributed by atoms with Crippen LogP contribution in [0.15, 0.2) is 35.4 Å². The van der Waals surface area contributed by atoms with Gasteiger partial charge in [0.25, 0.3) is 15.7 Å². The Morgan fingerprint density at radius 2 is 2.00 bits per heavy atom. The smallest absolute Gasteiger partial charge is 0.269 e. The third-order valence-corrected chi connectivity index (χ3v) is 3.89. The lowest BCUT2D eigenvalue weighted by Crippen LogP contribution is -2.14. The fourth-order valence-corrected chi connectivity index (χ4v) is 2.60. The number of non-ortho nitro benzene ring substituents is 1. The first kappa shape index (κ1) is 14.5. The van der Waals surface area contributed by atoms with E-state index >= 15 is 0 Å². The Morgan fingerprint density at radius 3 is 2.52 bits per heavy atom. The van der Waals surface area contributed by atoms with Crippen molar-refractivity contribution < 1.29 is 13.3 Å². The molecule has 1 aromatic heterocycles. The molecule has 21 heavy (non-hydrogen) atoms. The number of nitriles is 1. The molecule has 1 N–H and O–H groups in total.